The van der Waals surface area contributed by atoms with Gasteiger partial charge in [-0.3, -0.25) is 0 Å². The molecule has 0 spiro atoms. The summed E-state index contributed by atoms with van der Waals surface area (Å²) >= 11 is 0. The maximum atomic E-state index is 14.7. The number of ether oxygens (including phenoxy) is 3. The van der Waals surface area contributed by atoms with Crippen LogP contribution in [0.4, 0.5) is 8.78 Å². The van der Waals surface area contributed by atoms with E-state index >= 15 is 0 Å². The number of fused-ring (bicyclic) bond motifs is 1. The molecule has 1 aliphatic heterocycles. The highest BCUT2D eigenvalue weighted by atomic mass is 19.2. The summed E-state index contributed by atoms with van der Waals surface area (Å²) in [4.78, 5) is 0. The first-order chi connectivity index (χ1) is 15.1. The number of halogens is 2. The molecule has 1 fully saturated rings. The standard InChI is InChI=1S/C26H32F2O3/c1-3-5-17-6-8-18(9-7-17)26-30-16-20-15-19(10-12-22(20)31-26)21-11-13-23(29-14-4-2)25(28)24(21)27/h10-13,15,17-18,26H,3-9,14,16H2,1-2H3. The van der Waals surface area contributed by atoms with Gasteiger partial charge in [0.25, 0.3) is 0 Å². The topological polar surface area (TPSA) is 27.7 Å². The van der Waals surface area contributed by atoms with E-state index in [1.807, 2.05) is 19.1 Å². The molecular weight excluding hydrogens is 398 g/mol. The van der Waals surface area contributed by atoms with Crippen LogP contribution in [0.3, 0.4) is 0 Å². The van der Waals surface area contributed by atoms with Crippen molar-refractivity contribution < 1.29 is 23.0 Å². The SMILES string of the molecule is CCCOc1ccc(-c2ccc3c(c2)COC(C2CCC(CCC)CC2)O3)c(F)c1F. The van der Waals surface area contributed by atoms with E-state index in [2.05, 4.69) is 6.92 Å². The second kappa shape index (κ2) is 9.99. The summed E-state index contributed by atoms with van der Waals surface area (Å²) in [6.07, 6.45) is 7.85. The molecule has 1 aliphatic carbocycles. The number of hydrogen-bond acceptors (Lipinski definition) is 3. The van der Waals surface area contributed by atoms with Crippen LogP contribution < -0.4 is 9.47 Å². The largest absolute Gasteiger partial charge is 0.490 e. The predicted octanol–water partition coefficient (Wildman–Crippen LogP) is 7.26. The average Bonchev–Trinajstić information content (AvgIpc) is 2.80. The molecule has 0 aromatic heterocycles. The molecule has 0 saturated heterocycles. The van der Waals surface area contributed by atoms with Crippen molar-refractivity contribution in [3.63, 3.8) is 0 Å². The molecule has 2 aromatic rings. The van der Waals surface area contributed by atoms with E-state index in [0.717, 1.165) is 36.5 Å². The summed E-state index contributed by atoms with van der Waals surface area (Å²) in [5.74, 6) is 0.142. The molecule has 1 unspecified atom stereocenters. The monoisotopic (exact) mass is 430 g/mol. The van der Waals surface area contributed by atoms with Gasteiger partial charge in [0.15, 0.2) is 11.6 Å². The van der Waals surface area contributed by atoms with Crippen LogP contribution in [-0.4, -0.2) is 12.9 Å². The van der Waals surface area contributed by atoms with Gasteiger partial charge in [0.2, 0.25) is 12.1 Å². The van der Waals surface area contributed by atoms with Crippen LogP contribution in [0.2, 0.25) is 0 Å². The minimum atomic E-state index is -0.949. The first-order valence-corrected chi connectivity index (χ1v) is 11.6. The highest BCUT2D eigenvalue weighted by Gasteiger charge is 2.32. The average molecular weight is 431 g/mol. The fraction of sp³-hybridized carbons (Fsp3) is 0.538. The van der Waals surface area contributed by atoms with Crippen LogP contribution in [0.1, 0.15) is 64.4 Å². The molecule has 2 aromatic carbocycles. The zero-order valence-corrected chi connectivity index (χ0v) is 18.5. The minimum absolute atomic E-state index is 0.0516. The van der Waals surface area contributed by atoms with Crippen molar-refractivity contribution in [2.24, 2.45) is 11.8 Å². The van der Waals surface area contributed by atoms with E-state index in [1.54, 1.807) is 12.1 Å². The van der Waals surface area contributed by atoms with Crippen molar-refractivity contribution in [2.45, 2.75) is 71.7 Å². The fourth-order valence-corrected chi connectivity index (χ4v) is 4.77. The summed E-state index contributed by atoms with van der Waals surface area (Å²) in [6.45, 7) is 4.94. The van der Waals surface area contributed by atoms with Gasteiger partial charge in [-0.1, -0.05) is 32.8 Å². The number of hydrogen-bond donors (Lipinski definition) is 0. The maximum Gasteiger partial charge on any atom is 0.203 e. The Balaban J connectivity index is 1.46. The van der Waals surface area contributed by atoms with Crippen molar-refractivity contribution >= 4 is 0 Å². The van der Waals surface area contributed by atoms with Crippen molar-refractivity contribution in [3.8, 4) is 22.6 Å². The Morgan fingerprint density at radius 3 is 2.52 bits per heavy atom. The van der Waals surface area contributed by atoms with Crippen LogP contribution in [0, 0.1) is 23.5 Å². The quantitative estimate of drug-likeness (QED) is 0.463. The van der Waals surface area contributed by atoms with E-state index in [0.29, 0.717) is 24.7 Å². The maximum absolute atomic E-state index is 14.7. The molecule has 0 N–H and O–H groups in total. The molecule has 3 nitrogen and oxygen atoms in total. The summed E-state index contributed by atoms with van der Waals surface area (Å²) in [5.41, 5.74) is 1.67. The Morgan fingerprint density at radius 1 is 0.968 bits per heavy atom. The lowest BCUT2D eigenvalue weighted by Gasteiger charge is -2.36. The molecule has 5 heteroatoms. The van der Waals surface area contributed by atoms with Crippen LogP contribution >= 0.6 is 0 Å². The van der Waals surface area contributed by atoms with Crippen molar-refractivity contribution in [1.29, 1.82) is 0 Å². The normalized spacial score (nSPS) is 23.2. The van der Waals surface area contributed by atoms with Crippen LogP contribution in [0.15, 0.2) is 30.3 Å². The molecule has 0 amide bonds. The molecule has 0 radical (unpaired) electrons. The van der Waals surface area contributed by atoms with E-state index < -0.39 is 11.6 Å². The molecule has 4 rings (SSSR count). The van der Waals surface area contributed by atoms with Gasteiger partial charge >= 0.3 is 0 Å². The van der Waals surface area contributed by atoms with Crippen LogP contribution in [0.25, 0.3) is 11.1 Å². The van der Waals surface area contributed by atoms with E-state index in [-0.39, 0.29) is 17.6 Å². The lowest BCUT2D eigenvalue weighted by Crippen LogP contribution is -2.35. The minimum Gasteiger partial charge on any atom is -0.490 e. The molecule has 1 atom stereocenters. The van der Waals surface area contributed by atoms with E-state index in [1.165, 1.54) is 31.7 Å². The smallest absolute Gasteiger partial charge is 0.203 e. The zero-order chi connectivity index (χ0) is 21.8. The van der Waals surface area contributed by atoms with Crippen LogP contribution in [0.5, 0.6) is 11.5 Å². The van der Waals surface area contributed by atoms with Crippen molar-refractivity contribution in [3.05, 3.63) is 47.5 Å². The van der Waals surface area contributed by atoms with Crippen molar-refractivity contribution in [1.82, 2.24) is 0 Å². The summed E-state index contributed by atoms with van der Waals surface area (Å²) in [5, 5.41) is 0. The number of rotatable bonds is 7. The Labute approximate surface area is 183 Å². The second-order valence-corrected chi connectivity index (χ2v) is 8.78. The highest BCUT2D eigenvalue weighted by Crippen LogP contribution is 2.39. The Morgan fingerprint density at radius 2 is 1.77 bits per heavy atom. The molecule has 1 heterocycles. The Bertz CT molecular complexity index is 890. The molecule has 168 valence electrons. The third-order valence-electron chi connectivity index (χ3n) is 6.50. The van der Waals surface area contributed by atoms with E-state index in [9.17, 15) is 8.78 Å². The van der Waals surface area contributed by atoms with Gasteiger partial charge in [0, 0.05) is 17.0 Å². The fourth-order valence-electron chi connectivity index (χ4n) is 4.77. The van der Waals surface area contributed by atoms with Crippen molar-refractivity contribution in [2.75, 3.05) is 6.61 Å². The summed E-state index contributed by atoms with van der Waals surface area (Å²) in [7, 11) is 0. The predicted molar refractivity (Wildman–Crippen MR) is 117 cm³/mol. The molecular formula is C26H32F2O3. The van der Waals surface area contributed by atoms with Crippen LogP contribution in [-0.2, 0) is 11.3 Å². The Hall–Kier alpha value is -2.14. The first-order valence-electron chi connectivity index (χ1n) is 11.6. The first kappa shape index (κ1) is 22.1. The van der Waals surface area contributed by atoms with Gasteiger partial charge in [0.1, 0.15) is 5.75 Å². The molecule has 2 aliphatic rings. The third-order valence-corrected chi connectivity index (χ3v) is 6.50. The molecule has 1 saturated carbocycles. The van der Waals surface area contributed by atoms with E-state index in [4.69, 9.17) is 14.2 Å². The lowest BCUT2D eigenvalue weighted by atomic mass is 9.79. The summed E-state index contributed by atoms with van der Waals surface area (Å²) in [6, 6.07) is 8.51. The summed E-state index contributed by atoms with van der Waals surface area (Å²) < 4.78 is 46.6. The highest BCUT2D eigenvalue weighted by molar-refractivity contribution is 5.67. The molecule has 31 heavy (non-hydrogen) atoms. The number of benzene rings is 2. The van der Waals surface area contributed by atoms with Gasteiger partial charge in [-0.2, -0.15) is 4.39 Å². The lowest BCUT2D eigenvalue weighted by molar-refractivity contribution is -0.148. The third kappa shape index (κ3) is 4.87. The zero-order valence-electron chi connectivity index (χ0n) is 18.5. The van der Waals surface area contributed by atoms with Gasteiger partial charge < -0.3 is 14.2 Å². The second-order valence-electron chi connectivity index (χ2n) is 8.78. The molecule has 0 bridgehead atoms. The Kier molecular flexibility index (Phi) is 7.11. The van der Waals surface area contributed by atoms with Gasteiger partial charge in [-0.05, 0) is 67.9 Å². The van der Waals surface area contributed by atoms with Gasteiger partial charge in [0.05, 0.1) is 13.2 Å². The van der Waals surface area contributed by atoms with Gasteiger partial charge in [-0.25, -0.2) is 4.39 Å². The van der Waals surface area contributed by atoms with Gasteiger partial charge in [-0.15, -0.1) is 0 Å².